The molecule has 0 aliphatic carbocycles. The Kier molecular flexibility index (Phi) is 5.46. The van der Waals surface area contributed by atoms with Crippen molar-refractivity contribution in [2.24, 2.45) is 10.3 Å². The van der Waals surface area contributed by atoms with Crippen molar-refractivity contribution in [3.8, 4) is 0 Å². The fraction of sp³-hybridized carbons (Fsp3) is 0.250. The molecule has 1 aromatic carbocycles. The van der Waals surface area contributed by atoms with Gasteiger partial charge in [0.25, 0.3) is 5.91 Å². The lowest BCUT2D eigenvalue weighted by molar-refractivity contribution is -0.119. The second-order valence-electron chi connectivity index (χ2n) is 3.78. The second kappa shape index (κ2) is 7.10. The van der Waals surface area contributed by atoms with Crippen LogP contribution in [0.15, 0.2) is 34.5 Å². The number of amides is 1. The van der Waals surface area contributed by atoms with Crippen molar-refractivity contribution in [3.05, 3.63) is 30.1 Å². The maximum absolute atomic E-state index is 12.6. The van der Waals surface area contributed by atoms with E-state index in [2.05, 4.69) is 21.0 Å². The van der Waals surface area contributed by atoms with Gasteiger partial charge in [0.1, 0.15) is 5.82 Å². The Balaban J connectivity index is 2.42. The van der Waals surface area contributed by atoms with Crippen molar-refractivity contribution < 1.29 is 14.4 Å². The third kappa shape index (κ3) is 5.15. The quantitative estimate of drug-likeness (QED) is 0.429. The first-order valence-electron chi connectivity index (χ1n) is 5.54. The fourth-order valence-electron chi connectivity index (χ4n) is 1.09. The molecule has 0 radical (unpaired) electrons. The number of carbonyl (C=O) groups is 1. The fourth-order valence-corrected chi connectivity index (χ4v) is 1.09. The van der Waals surface area contributed by atoms with E-state index >= 15 is 0 Å². The first-order valence-corrected chi connectivity index (χ1v) is 5.54. The molecular formula is C12H15FN4O2. The molecular weight excluding hydrogens is 251 g/mol. The summed E-state index contributed by atoms with van der Waals surface area (Å²) < 4.78 is 12.6. The Hall–Kier alpha value is -2.44. The van der Waals surface area contributed by atoms with Crippen LogP contribution in [-0.2, 0) is 4.79 Å². The highest BCUT2D eigenvalue weighted by Crippen LogP contribution is 2.07. The van der Waals surface area contributed by atoms with Crippen LogP contribution < -0.4 is 10.7 Å². The SMILES string of the molecule is CC(=N/NC(=O)CNc1ccc(F)cc1)/C(C)=N/O. The molecule has 0 aliphatic rings. The number of hydrogen-bond donors (Lipinski definition) is 3. The molecule has 0 heterocycles. The third-order valence-corrected chi connectivity index (χ3v) is 2.32. The number of anilines is 1. The van der Waals surface area contributed by atoms with Gasteiger partial charge in [0.15, 0.2) is 0 Å². The van der Waals surface area contributed by atoms with E-state index in [9.17, 15) is 9.18 Å². The van der Waals surface area contributed by atoms with E-state index in [0.29, 0.717) is 17.1 Å². The largest absolute Gasteiger partial charge is 0.411 e. The number of benzene rings is 1. The molecule has 0 aliphatic heterocycles. The average molecular weight is 266 g/mol. The van der Waals surface area contributed by atoms with Gasteiger partial charge in [0.05, 0.1) is 18.0 Å². The zero-order chi connectivity index (χ0) is 14.3. The van der Waals surface area contributed by atoms with E-state index < -0.39 is 0 Å². The number of carbonyl (C=O) groups excluding carboxylic acids is 1. The van der Waals surface area contributed by atoms with Gasteiger partial charge in [-0.25, -0.2) is 9.82 Å². The van der Waals surface area contributed by atoms with Crippen LogP contribution in [0.25, 0.3) is 0 Å². The van der Waals surface area contributed by atoms with Gasteiger partial charge in [-0.05, 0) is 38.1 Å². The first-order chi connectivity index (χ1) is 9.02. The van der Waals surface area contributed by atoms with Crippen LogP contribution in [-0.4, -0.2) is 29.1 Å². The van der Waals surface area contributed by atoms with Crippen molar-refractivity contribution >= 4 is 23.0 Å². The van der Waals surface area contributed by atoms with E-state index in [1.165, 1.54) is 24.3 Å². The van der Waals surface area contributed by atoms with Crippen molar-refractivity contribution in [1.82, 2.24) is 5.43 Å². The lowest BCUT2D eigenvalue weighted by Crippen LogP contribution is -2.27. The molecule has 3 N–H and O–H groups in total. The van der Waals surface area contributed by atoms with E-state index in [4.69, 9.17) is 5.21 Å². The molecule has 0 saturated heterocycles. The summed E-state index contributed by atoms with van der Waals surface area (Å²) in [6.45, 7) is 3.15. The van der Waals surface area contributed by atoms with Crippen molar-refractivity contribution in [2.45, 2.75) is 13.8 Å². The van der Waals surface area contributed by atoms with Gasteiger partial charge in [-0.15, -0.1) is 0 Å². The lowest BCUT2D eigenvalue weighted by atomic mass is 10.3. The number of halogens is 1. The van der Waals surface area contributed by atoms with Gasteiger partial charge >= 0.3 is 0 Å². The van der Waals surface area contributed by atoms with Crippen LogP contribution in [0, 0.1) is 5.82 Å². The molecule has 0 fully saturated rings. The van der Waals surface area contributed by atoms with Gasteiger partial charge in [-0.1, -0.05) is 5.16 Å². The van der Waals surface area contributed by atoms with Crippen LogP contribution in [0.4, 0.5) is 10.1 Å². The number of hydrazone groups is 1. The number of rotatable bonds is 5. The summed E-state index contributed by atoms with van der Waals surface area (Å²) >= 11 is 0. The summed E-state index contributed by atoms with van der Waals surface area (Å²) in [5.74, 6) is -0.705. The Labute approximate surface area is 110 Å². The Morgan fingerprint density at radius 1 is 1.26 bits per heavy atom. The van der Waals surface area contributed by atoms with Crippen LogP contribution in [0.2, 0.25) is 0 Å². The minimum atomic E-state index is -0.366. The third-order valence-electron chi connectivity index (χ3n) is 2.32. The first kappa shape index (κ1) is 14.6. The maximum atomic E-state index is 12.6. The smallest absolute Gasteiger partial charge is 0.259 e. The van der Waals surface area contributed by atoms with E-state index in [-0.39, 0.29) is 18.3 Å². The van der Waals surface area contributed by atoms with E-state index in [0.717, 1.165) is 0 Å². The predicted molar refractivity (Wildman–Crippen MR) is 71.0 cm³/mol. The van der Waals surface area contributed by atoms with Crippen LogP contribution >= 0.6 is 0 Å². The molecule has 7 heteroatoms. The molecule has 102 valence electrons. The molecule has 0 aromatic heterocycles. The van der Waals surface area contributed by atoms with Crippen LogP contribution in [0.5, 0.6) is 0 Å². The van der Waals surface area contributed by atoms with Gasteiger partial charge in [0.2, 0.25) is 0 Å². The summed E-state index contributed by atoms with van der Waals surface area (Å²) in [5.41, 5.74) is 3.64. The molecule has 0 bridgehead atoms. The number of nitrogens with one attached hydrogen (secondary N) is 2. The topological polar surface area (TPSA) is 86.1 Å². The predicted octanol–water partition coefficient (Wildman–Crippen LogP) is 1.58. The number of hydrogen-bond acceptors (Lipinski definition) is 5. The molecule has 0 spiro atoms. The Bertz CT molecular complexity index is 497. The Morgan fingerprint density at radius 3 is 2.47 bits per heavy atom. The number of oxime groups is 1. The van der Waals surface area contributed by atoms with Crippen LogP contribution in [0.3, 0.4) is 0 Å². The zero-order valence-electron chi connectivity index (χ0n) is 10.6. The highest BCUT2D eigenvalue weighted by Gasteiger charge is 2.02. The van der Waals surface area contributed by atoms with Crippen molar-refractivity contribution in [2.75, 3.05) is 11.9 Å². The molecule has 0 atom stereocenters. The molecule has 0 unspecified atom stereocenters. The van der Waals surface area contributed by atoms with Crippen LogP contribution in [0.1, 0.15) is 13.8 Å². The highest BCUT2D eigenvalue weighted by atomic mass is 19.1. The van der Waals surface area contributed by atoms with E-state index in [1.807, 2.05) is 0 Å². The van der Waals surface area contributed by atoms with Gasteiger partial charge in [-0.3, -0.25) is 4.79 Å². The zero-order valence-corrected chi connectivity index (χ0v) is 10.6. The molecule has 0 saturated carbocycles. The summed E-state index contributed by atoms with van der Waals surface area (Å²) in [4.78, 5) is 11.4. The van der Waals surface area contributed by atoms with Gasteiger partial charge in [0, 0.05) is 5.69 Å². The van der Waals surface area contributed by atoms with Gasteiger partial charge < -0.3 is 10.5 Å². The molecule has 6 nitrogen and oxygen atoms in total. The minimum absolute atomic E-state index is 0.00225. The number of nitrogens with zero attached hydrogens (tertiary/aromatic N) is 2. The summed E-state index contributed by atoms with van der Waals surface area (Å²) in [6, 6.07) is 5.65. The Morgan fingerprint density at radius 2 is 1.89 bits per heavy atom. The van der Waals surface area contributed by atoms with Crippen molar-refractivity contribution in [3.63, 3.8) is 0 Å². The standard InChI is InChI=1S/C12H15FN4O2/c1-8(9(2)17-19)15-16-12(18)7-14-11-5-3-10(13)4-6-11/h3-6,14,19H,7H2,1-2H3,(H,16,18)/b15-8-,17-9+. The molecule has 19 heavy (non-hydrogen) atoms. The molecule has 1 amide bonds. The monoisotopic (exact) mass is 266 g/mol. The average Bonchev–Trinajstić information content (AvgIpc) is 2.43. The van der Waals surface area contributed by atoms with Gasteiger partial charge in [-0.2, -0.15) is 5.10 Å². The van der Waals surface area contributed by atoms with Crippen molar-refractivity contribution in [1.29, 1.82) is 0 Å². The lowest BCUT2D eigenvalue weighted by Gasteiger charge is -2.05. The minimum Gasteiger partial charge on any atom is -0.411 e. The molecule has 1 rings (SSSR count). The van der Waals surface area contributed by atoms with E-state index in [1.54, 1.807) is 13.8 Å². The normalized spacial score (nSPS) is 12.2. The maximum Gasteiger partial charge on any atom is 0.259 e. The molecule has 1 aromatic rings. The summed E-state index contributed by atoms with van der Waals surface area (Å²) in [7, 11) is 0. The second-order valence-corrected chi connectivity index (χ2v) is 3.78. The summed E-state index contributed by atoms with van der Waals surface area (Å²) in [6.07, 6.45) is 0. The summed E-state index contributed by atoms with van der Waals surface area (Å²) in [5, 5.41) is 18.0. The highest BCUT2D eigenvalue weighted by molar-refractivity contribution is 6.40.